The summed E-state index contributed by atoms with van der Waals surface area (Å²) in [5, 5.41) is 12.7. The normalized spacial score (nSPS) is 18.4. The van der Waals surface area contributed by atoms with E-state index in [1.54, 1.807) is 42.5 Å². The number of likely N-dealkylation sites (N-methyl/N-ethyl adjacent to an activating group) is 1. The molecule has 3 heterocycles. The van der Waals surface area contributed by atoms with Crippen molar-refractivity contribution in [2.45, 2.75) is 44.7 Å². The first-order chi connectivity index (χ1) is 16.0. The van der Waals surface area contributed by atoms with Gasteiger partial charge in [-0.1, -0.05) is 18.9 Å². The van der Waals surface area contributed by atoms with E-state index < -0.39 is 0 Å². The third kappa shape index (κ3) is 4.02. The maximum absolute atomic E-state index is 12.8. The summed E-state index contributed by atoms with van der Waals surface area (Å²) in [6.07, 6.45) is 7.90. The van der Waals surface area contributed by atoms with Crippen LogP contribution in [0.2, 0.25) is 0 Å². The van der Waals surface area contributed by atoms with Gasteiger partial charge in [-0.25, -0.2) is 4.98 Å². The number of carbonyl (C=O) groups excluding carboxylic acids is 2. The molecule has 1 atom stereocenters. The molecule has 1 fully saturated rings. The highest BCUT2D eigenvalue weighted by Gasteiger charge is 2.38. The number of aromatic amines is 1. The van der Waals surface area contributed by atoms with E-state index in [1.165, 1.54) is 12.8 Å². The van der Waals surface area contributed by atoms with Crippen molar-refractivity contribution in [3.05, 3.63) is 54.4 Å². The van der Waals surface area contributed by atoms with Gasteiger partial charge in [-0.3, -0.25) is 14.7 Å². The van der Waals surface area contributed by atoms with Gasteiger partial charge in [0.15, 0.2) is 0 Å². The Hall–Kier alpha value is -3.88. The summed E-state index contributed by atoms with van der Waals surface area (Å²) >= 11 is 0. The Kier molecular flexibility index (Phi) is 5.45. The van der Waals surface area contributed by atoms with Gasteiger partial charge in [-0.05, 0) is 38.0 Å². The van der Waals surface area contributed by atoms with Crippen LogP contribution in [0.1, 0.15) is 43.0 Å². The van der Waals surface area contributed by atoms with Crippen LogP contribution < -0.4 is 20.4 Å². The summed E-state index contributed by atoms with van der Waals surface area (Å²) in [5.41, 5.74) is 3.10. The molecule has 0 bridgehead atoms. The largest absolute Gasteiger partial charge is 0.355 e. The van der Waals surface area contributed by atoms with Crippen molar-refractivity contribution in [1.82, 2.24) is 15.2 Å². The summed E-state index contributed by atoms with van der Waals surface area (Å²) in [7, 11) is 1.81. The van der Waals surface area contributed by atoms with Crippen LogP contribution in [0.3, 0.4) is 0 Å². The Morgan fingerprint density at radius 3 is 2.73 bits per heavy atom. The number of H-pyrrole nitrogens is 1. The minimum absolute atomic E-state index is 0.0906. The number of rotatable bonds is 5. The number of amides is 2. The molecule has 9 nitrogen and oxygen atoms in total. The SMILES string of the molecule is CC1C(=O)N(C)c2cnc(Nc3cccc(C(=O)Nc4ccn[nH]4)c3)cc2N1C1CCCC1. The number of nitrogens with zero attached hydrogens (tertiary/aromatic N) is 4. The monoisotopic (exact) mass is 445 g/mol. The Morgan fingerprint density at radius 1 is 1.15 bits per heavy atom. The van der Waals surface area contributed by atoms with E-state index in [-0.39, 0.29) is 17.9 Å². The van der Waals surface area contributed by atoms with Crippen LogP contribution in [0.5, 0.6) is 0 Å². The second kappa shape index (κ2) is 8.57. The first-order valence-electron chi connectivity index (χ1n) is 11.2. The Bertz CT molecular complexity index is 1170. The molecular weight excluding hydrogens is 418 g/mol. The second-order valence-corrected chi connectivity index (χ2v) is 8.61. The highest BCUT2D eigenvalue weighted by atomic mass is 16.2. The Labute approximate surface area is 192 Å². The molecule has 170 valence electrons. The number of anilines is 5. The molecule has 1 aromatic carbocycles. The van der Waals surface area contributed by atoms with Crippen molar-refractivity contribution in [3.63, 3.8) is 0 Å². The van der Waals surface area contributed by atoms with Gasteiger partial charge in [0.05, 0.1) is 23.8 Å². The zero-order valence-electron chi connectivity index (χ0n) is 18.7. The molecule has 0 radical (unpaired) electrons. The third-order valence-electron chi connectivity index (χ3n) is 6.47. The summed E-state index contributed by atoms with van der Waals surface area (Å²) in [4.78, 5) is 33.9. The number of hydrogen-bond acceptors (Lipinski definition) is 6. The number of carbonyl (C=O) groups is 2. The van der Waals surface area contributed by atoms with E-state index in [2.05, 4.69) is 30.7 Å². The number of benzene rings is 1. The smallest absolute Gasteiger partial charge is 0.256 e. The average Bonchev–Trinajstić information content (AvgIpc) is 3.53. The average molecular weight is 446 g/mol. The zero-order chi connectivity index (χ0) is 22.9. The molecule has 5 rings (SSSR count). The highest BCUT2D eigenvalue weighted by molar-refractivity contribution is 6.05. The molecule has 1 unspecified atom stereocenters. The first kappa shape index (κ1) is 21.0. The lowest BCUT2D eigenvalue weighted by atomic mass is 10.0. The van der Waals surface area contributed by atoms with Crippen LogP contribution in [0.15, 0.2) is 48.8 Å². The maximum atomic E-state index is 12.8. The summed E-state index contributed by atoms with van der Waals surface area (Å²) in [6, 6.07) is 11.1. The van der Waals surface area contributed by atoms with E-state index in [9.17, 15) is 9.59 Å². The van der Waals surface area contributed by atoms with Gasteiger partial charge in [0.1, 0.15) is 17.7 Å². The van der Waals surface area contributed by atoms with E-state index in [1.807, 2.05) is 25.1 Å². The molecule has 2 amide bonds. The van der Waals surface area contributed by atoms with Crippen LogP contribution >= 0.6 is 0 Å². The van der Waals surface area contributed by atoms with Gasteiger partial charge in [0.25, 0.3) is 5.91 Å². The quantitative estimate of drug-likeness (QED) is 0.550. The number of pyridine rings is 1. The maximum Gasteiger partial charge on any atom is 0.256 e. The Balaban J connectivity index is 1.41. The molecule has 2 aliphatic rings. The highest BCUT2D eigenvalue weighted by Crippen LogP contribution is 2.41. The lowest BCUT2D eigenvalue weighted by Gasteiger charge is -2.43. The van der Waals surface area contributed by atoms with Crippen LogP contribution in [-0.2, 0) is 4.79 Å². The second-order valence-electron chi connectivity index (χ2n) is 8.61. The number of fused-ring (bicyclic) bond motifs is 1. The van der Waals surface area contributed by atoms with Crippen LogP contribution in [0, 0.1) is 0 Å². The zero-order valence-corrected chi connectivity index (χ0v) is 18.7. The molecule has 33 heavy (non-hydrogen) atoms. The van der Waals surface area contributed by atoms with Crippen LogP contribution in [-0.4, -0.2) is 46.1 Å². The molecule has 1 saturated carbocycles. The van der Waals surface area contributed by atoms with Crippen LogP contribution in [0.4, 0.5) is 28.7 Å². The molecule has 9 heteroatoms. The fraction of sp³-hybridized carbons (Fsp3) is 0.333. The number of aromatic nitrogens is 3. The molecule has 3 N–H and O–H groups in total. The predicted octanol–water partition coefficient (Wildman–Crippen LogP) is 3.91. The third-order valence-corrected chi connectivity index (χ3v) is 6.47. The minimum Gasteiger partial charge on any atom is -0.355 e. The molecule has 3 aromatic rings. The summed E-state index contributed by atoms with van der Waals surface area (Å²) in [5.74, 6) is 1.06. The molecule has 2 aromatic heterocycles. The summed E-state index contributed by atoms with van der Waals surface area (Å²) in [6.45, 7) is 1.98. The van der Waals surface area contributed by atoms with Crippen molar-refractivity contribution in [1.29, 1.82) is 0 Å². The van der Waals surface area contributed by atoms with Crippen molar-refractivity contribution in [2.24, 2.45) is 0 Å². The lowest BCUT2D eigenvalue weighted by molar-refractivity contribution is -0.119. The van der Waals surface area contributed by atoms with E-state index >= 15 is 0 Å². The van der Waals surface area contributed by atoms with E-state index in [0.29, 0.717) is 23.2 Å². The van der Waals surface area contributed by atoms with Crippen molar-refractivity contribution >= 4 is 40.5 Å². The lowest BCUT2D eigenvalue weighted by Crippen LogP contribution is -2.54. The molecule has 0 spiro atoms. The van der Waals surface area contributed by atoms with Crippen molar-refractivity contribution < 1.29 is 9.59 Å². The number of hydrogen-bond donors (Lipinski definition) is 3. The van der Waals surface area contributed by atoms with Gasteiger partial charge in [0.2, 0.25) is 5.91 Å². The molecule has 1 aliphatic heterocycles. The fourth-order valence-electron chi connectivity index (χ4n) is 4.80. The Morgan fingerprint density at radius 2 is 1.97 bits per heavy atom. The first-order valence-corrected chi connectivity index (χ1v) is 11.2. The fourth-order valence-corrected chi connectivity index (χ4v) is 4.80. The van der Waals surface area contributed by atoms with E-state index in [0.717, 1.165) is 29.9 Å². The predicted molar refractivity (Wildman–Crippen MR) is 128 cm³/mol. The van der Waals surface area contributed by atoms with Gasteiger partial charge in [0, 0.05) is 36.5 Å². The molecular formula is C24H27N7O2. The van der Waals surface area contributed by atoms with Gasteiger partial charge in [-0.2, -0.15) is 5.10 Å². The molecule has 1 aliphatic carbocycles. The molecule has 0 saturated heterocycles. The van der Waals surface area contributed by atoms with E-state index in [4.69, 9.17) is 0 Å². The topological polar surface area (TPSA) is 106 Å². The van der Waals surface area contributed by atoms with Gasteiger partial charge < -0.3 is 20.4 Å². The van der Waals surface area contributed by atoms with Gasteiger partial charge >= 0.3 is 0 Å². The summed E-state index contributed by atoms with van der Waals surface area (Å²) < 4.78 is 0. The van der Waals surface area contributed by atoms with Crippen molar-refractivity contribution in [2.75, 3.05) is 27.5 Å². The minimum atomic E-state index is -0.234. The number of nitrogens with one attached hydrogen (secondary N) is 3. The van der Waals surface area contributed by atoms with Crippen molar-refractivity contribution in [3.8, 4) is 0 Å². The standard InChI is InChI=1S/C24H27N7O2/c1-15-24(33)30(2)20-14-25-22(13-19(20)31(15)18-8-3-4-9-18)27-17-7-5-6-16(12-17)23(32)28-21-10-11-26-29-21/h5-7,10-15,18H,3-4,8-9H2,1-2H3,(H,25,27)(H2,26,28,29,32). The van der Waals surface area contributed by atoms with Gasteiger partial charge in [-0.15, -0.1) is 0 Å². The van der Waals surface area contributed by atoms with Crippen LogP contribution in [0.25, 0.3) is 0 Å².